The number of anilines is 1. The number of ether oxygens (including phenoxy) is 1. The molecule has 0 N–H and O–H groups in total. The second kappa shape index (κ2) is 5.25. The Hall–Kier alpha value is -2.49. The Morgan fingerprint density at radius 1 is 1.35 bits per heavy atom. The molecular formula is C16H15NO3. The minimum Gasteiger partial charge on any atom is -0.490 e. The highest BCUT2D eigenvalue weighted by Gasteiger charge is 2.22. The summed E-state index contributed by atoms with van der Waals surface area (Å²) in [4.78, 5) is 14.0. The van der Waals surface area contributed by atoms with Crippen molar-refractivity contribution in [3.63, 3.8) is 0 Å². The number of nitrogens with zero attached hydrogens (tertiary/aromatic N) is 1. The number of carbonyl (C=O) groups is 1. The van der Waals surface area contributed by atoms with Crippen LogP contribution in [-0.2, 0) is 4.79 Å². The predicted octanol–water partition coefficient (Wildman–Crippen LogP) is 3.03. The summed E-state index contributed by atoms with van der Waals surface area (Å²) in [5.74, 6) is 1.34. The zero-order chi connectivity index (χ0) is 13.9. The molecule has 1 aromatic heterocycles. The minimum atomic E-state index is -0.0726. The molecule has 1 aliphatic heterocycles. The fourth-order valence-corrected chi connectivity index (χ4v) is 2.19. The van der Waals surface area contributed by atoms with Crippen LogP contribution in [0, 0.1) is 6.92 Å². The number of amides is 1. The van der Waals surface area contributed by atoms with Gasteiger partial charge in [0.25, 0.3) is 5.91 Å². The number of benzene rings is 1. The van der Waals surface area contributed by atoms with Crippen molar-refractivity contribution < 1.29 is 13.9 Å². The average Bonchev–Trinajstić information content (AvgIpc) is 2.97. The molecule has 1 aromatic carbocycles. The lowest BCUT2D eigenvalue weighted by atomic mass is 10.1. The van der Waals surface area contributed by atoms with E-state index in [1.54, 1.807) is 29.4 Å². The van der Waals surface area contributed by atoms with E-state index in [1.165, 1.54) is 6.08 Å². The van der Waals surface area contributed by atoms with Crippen molar-refractivity contribution in [3.05, 3.63) is 54.0 Å². The van der Waals surface area contributed by atoms with Crippen LogP contribution < -0.4 is 9.64 Å². The third kappa shape index (κ3) is 2.45. The van der Waals surface area contributed by atoms with Crippen LogP contribution in [0.3, 0.4) is 0 Å². The lowest BCUT2D eigenvalue weighted by molar-refractivity contribution is -0.114. The van der Waals surface area contributed by atoms with Crippen molar-refractivity contribution in [2.45, 2.75) is 6.92 Å². The van der Waals surface area contributed by atoms with Gasteiger partial charge < -0.3 is 14.1 Å². The van der Waals surface area contributed by atoms with Gasteiger partial charge in [0.15, 0.2) is 0 Å². The first-order valence-electron chi connectivity index (χ1n) is 6.50. The Morgan fingerprint density at radius 2 is 2.25 bits per heavy atom. The van der Waals surface area contributed by atoms with Crippen molar-refractivity contribution >= 4 is 17.7 Å². The first kappa shape index (κ1) is 12.5. The quantitative estimate of drug-likeness (QED) is 0.787. The second-order valence-corrected chi connectivity index (χ2v) is 4.66. The van der Waals surface area contributed by atoms with Gasteiger partial charge in [0, 0.05) is 6.08 Å². The highest BCUT2D eigenvalue weighted by Crippen LogP contribution is 2.32. The van der Waals surface area contributed by atoms with Crippen LogP contribution in [0.15, 0.2) is 47.1 Å². The van der Waals surface area contributed by atoms with E-state index in [1.807, 2.05) is 25.1 Å². The summed E-state index contributed by atoms with van der Waals surface area (Å²) in [6.07, 6.45) is 4.78. The lowest BCUT2D eigenvalue weighted by Gasteiger charge is -2.29. The summed E-state index contributed by atoms with van der Waals surface area (Å²) in [5.41, 5.74) is 1.92. The number of fused-ring (bicyclic) bond motifs is 1. The van der Waals surface area contributed by atoms with Gasteiger partial charge in [-0.25, -0.2) is 0 Å². The van der Waals surface area contributed by atoms with E-state index in [-0.39, 0.29) is 5.91 Å². The van der Waals surface area contributed by atoms with Gasteiger partial charge in [0.1, 0.15) is 18.1 Å². The molecule has 4 nitrogen and oxygen atoms in total. The number of hydrogen-bond acceptors (Lipinski definition) is 3. The van der Waals surface area contributed by atoms with Gasteiger partial charge in [-0.05, 0) is 42.8 Å². The predicted molar refractivity (Wildman–Crippen MR) is 76.8 cm³/mol. The molecule has 0 unspecified atom stereocenters. The Kier molecular flexibility index (Phi) is 3.29. The number of hydrogen-bond donors (Lipinski definition) is 0. The SMILES string of the molecule is Cc1ccc2c(c1)N(C(=O)/C=C/c1ccco1)CCO2. The Bertz CT molecular complexity index is 644. The third-order valence-corrected chi connectivity index (χ3v) is 3.18. The molecule has 0 atom stereocenters. The van der Waals surface area contributed by atoms with E-state index in [0.29, 0.717) is 18.9 Å². The number of furan rings is 1. The molecule has 0 spiro atoms. The molecule has 102 valence electrons. The van der Waals surface area contributed by atoms with E-state index >= 15 is 0 Å². The van der Waals surface area contributed by atoms with Gasteiger partial charge in [-0.3, -0.25) is 4.79 Å². The molecule has 0 saturated heterocycles. The lowest BCUT2D eigenvalue weighted by Crippen LogP contribution is -2.36. The molecule has 3 rings (SSSR count). The third-order valence-electron chi connectivity index (χ3n) is 3.18. The highest BCUT2D eigenvalue weighted by molar-refractivity contribution is 6.04. The van der Waals surface area contributed by atoms with Crippen molar-refractivity contribution in [1.82, 2.24) is 0 Å². The van der Waals surface area contributed by atoms with E-state index in [9.17, 15) is 4.79 Å². The zero-order valence-electron chi connectivity index (χ0n) is 11.2. The molecule has 0 radical (unpaired) electrons. The van der Waals surface area contributed by atoms with Gasteiger partial charge >= 0.3 is 0 Å². The Balaban J connectivity index is 1.85. The highest BCUT2D eigenvalue weighted by atomic mass is 16.5. The molecular weight excluding hydrogens is 254 g/mol. The van der Waals surface area contributed by atoms with Crippen LogP contribution in [0.4, 0.5) is 5.69 Å². The maximum Gasteiger partial charge on any atom is 0.251 e. The van der Waals surface area contributed by atoms with Crippen molar-refractivity contribution in [1.29, 1.82) is 0 Å². The Labute approximate surface area is 117 Å². The summed E-state index contributed by atoms with van der Waals surface area (Å²) >= 11 is 0. The number of rotatable bonds is 2. The van der Waals surface area contributed by atoms with Crippen molar-refractivity contribution in [2.75, 3.05) is 18.1 Å². The maximum atomic E-state index is 12.3. The summed E-state index contributed by atoms with van der Waals surface area (Å²) in [6, 6.07) is 9.44. The normalized spacial score (nSPS) is 14.2. The molecule has 0 aliphatic carbocycles. The minimum absolute atomic E-state index is 0.0726. The van der Waals surface area contributed by atoms with Crippen molar-refractivity contribution in [2.24, 2.45) is 0 Å². The molecule has 0 fully saturated rings. The van der Waals surface area contributed by atoms with Crippen LogP contribution in [0.2, 0.25) is 0 Å². The maximum absolute atomic E-state index is 12.3. The molecule has 0 bridgehead atoms. The average molecular weight is 269 g/mol. The second-order valence-electron chi connectivity index (χ2n) is 4.66. The molecule has 4 heteroatoms. The summed E-state index contributed by atoms with van der Waals surface area (Å²) < 4.78 is 10.8. The standard InChI is InChI=1S/C16H15NO3/c1-12-4-6-15-14(11-12)17(8-10-20-15)16(18)7-5-13-3-2-9-19-13/h2-7,9,11H,8,10H2,1H3/b7-5+. The molecule has 2 aromatic rings. The number of aryl methyl sites for hydroxylation is 1. The number of carbonyl (C=O) groups excluding carboxylic acids is 1. The first-order chi connectivity index (χ1) is 9.74. The topological polar surface area (TPSA) is 42.7 Å². The van der Waals surface area contributed by atoms with Gasteiger partial charge in [-0.2, -0.15) is 0 Å². The van der Waals surface area contributed by atoms with Crippen LogP contribution in [-0.4, -0.2) is 19.1 Å². The van der Waals surface area contributed by atoms with Crippen molar-refractivity contribution in [3.8, 4) is 5.75 Å². The molecule has 20 heavy (non-hydrogen) atoms. The van der Waals surface area contributed by atoms with E-state index in [0.717, 1.165) is 17.0 Å². The van der Waals surface area contributed by atoms with Crippen LogP contribution in [0.25, 0.3) is 6.08 Å². The monoisotopic (exact) mass is 269 g/mol. The molecule has 0 saturated carbocycles. The van der Waals surface area contributed by atoms with E-state index in [4.69, 9.17) is 9.15 Å². The van der Waals surface area contributed by atoms with E-state index in [2.05, 4.69) is 0 Å². The zero-order valence-corrected chi connectivity index (χ0v) is 11.2. The summed E-state index contributed by atoms with van der Waals surface area (Å²) in [5, 5.41) is 0. The van der Waals surface area contributed by atoms with Gasteiger partial charge in [-0.15, -0.1) is 0 Å². The summed E-state index contributed by atoms with van der Waals surface area (Å²) in [7, 11) is 0. The fraction of sp³-hybridized carbons (Fsp3) is 0.188. The fourth-order valence-electron chi connectivity index (χ4n) is 2.19. The van der Waals surface area contributed by atoms with Gasteiger partial charge in [-0.1, -0.05) is 6.07 Å². The van der Waals surface area contributed by atoms with Crippen LogP contribution >= 0.6 is 0 Å². The van der Waals surface area contributed by atoms with E-state index < -0.39 is 0 Å². The largest absolute Gasteiger partial charge is 0.490 e. The summed E-state index contributed by atoms with van der Waals surface area (Å²) in [6.45, 7) is 3.06. The van der Waals surface area contributed by atoms with Crippen LogP contribution in [0.1, 0.15) is 11.3 Å². The molecule has 1 amide bonds. The smallest absolute Gasteiger partial charge is 0.251 e. The first-order valence-corrected chi connectivity index (χ1v) is 6.50. The molecule has 1 aliphatic rings. The van der Waals surface area contributed by atoms with Gasteiger partial charge in [0.2, 0.25) is 0 Å². The van der Waals surface area contributed by atoms with Crippen LogP contribution in [0.5, 0.6) is 5.75 Å². The molecule has 2 heterocycles. The van der Waals surface area contributed by atoms with Gasteiger partial charge in [0.05, 0.1) is 18.5 Å². The Morgan fingerprint density at radius 3 is 3.05 bits per heavy atom.